The molecule has 0 aliphatic heterocycles. The first-order valence-corrected chi connectivity index (χ1v) is 7.59. The maximum Gasteiger partial charge on any atom is 0.222 e. The predicted molar refractivity (Wildman–Crippen MR) is 76.3 cm³/mol. The minimum absolute atomic E-state index is 0.308. The fourth-order valence-corrected chi connectivity index (χ4v) is 3.14. The van der Waals surface area contributed by atoms with E-state index in [1.165, 1.54) is 12.8 Å². The van der Waals surface area contributed by atoms with Gasteiger partial charge in [0.15, 0.2) is 0 Å². The van der Waals surface area contributed by atoms with E-state index in [0.717, 1.165) is 32.1 Å². The number of nitrogens with two attached hydrogens (primary N) is 1. The molecular weight excluding hydrogens is 224 g/mol. The molecule has 0 aromatic carbocycles. The molecule has 106 valence electrons. The highest BCUT2D eigenvalue weighted by atomic mass is 16.2. The van der Waals surface area contributed by atoms with Gasteiger partial charge in [-0.25, -0.2) is 0 Å². The van der Waals surface area contributed by atoms with Crippen molar-refractivity contribution in [2.45, 2.75) is 77.3 Å². The molecule has 0 bridgehead atoms. The molecule has 0 saturated heterocycles. The zero-order valence-electron chi connectivity index (χ0n) is 12.3. The SMILES string of the molecule is CCC(CC)N(C)C(=O)CCC1CCCC(N)C1. The Morgan fingerprint density at radius 3 is 2.56 bits per heavy atom. The first-order chi connectivity index (χ1) is 8.58. The highest BCUT2D eigenvalue weighted by molar-refractivity contribution is 5.76. The summed E-state index contributed by atoms with van der Waals surface area (Å²) in [6.45, 7) is 4.30. The van der Waals surface area contributed by atoms with E-state index in [0.29, 0.717) is 30.3 Å². The average Bonchev–Trinajstić information content (AvgIpc) is 2.37. The Morgan fingerprint density at radius 1 is 1.33 bits per heavy atom. The van der Waals surface area contributed by atoms with Crippen molar-refractivity contribution in [2.75, 3.05) is 7.05 Å². The Morgan fingerprint density at radius 2 is 2.00 bits per heavy atom. The fourth-order valence-electron chi connectivity index (χ4n) is 3.14. The number of nitrogens with zero attached hydrogens (tertiary/aromatic N) is 1. The summed E-state index contributed by atoms with van der Waals surface area (Å²) < 4.78 is 0. The molecule has 18 heavy (non-hydrogen) atoms. The molecule has 1 aliphatic carbocycles. The van der Waals surface area contributed by atoms with Crippen LogP contribution in [-0.2, 0) is 4.79 Å². The van der Waals surface area contributed by atoms with E-state index in [9.17, 15) is 4.79 Å². The topological polar surface area (TPSA) is 46.3 Å². The van der Waals surface area contributed by atoms with E-state index in [1.54, 1.807) is 0 Å². The number of carbonyl (C=O) groups excluding carboxylic acids is 1. The minimum atomic E-state index is 0.308. The molecule has 2 N–H and O–H groups in total. The van der Waals surface area contributed by atoms with E-state index in [4.69, 9.17) is 5.73 Å². The normalized spacial score (nSPS) is 24.3. The van der Waals surface area contributed by atoms with Crippen molar-refractivity contribution in [3.63, 3.8) is 0 Å². The number of hydrogen-bond acceptors (Lipinski definition) is 2. The highest BCUT2D eigenvalue weighted by Crippen LogP contribution is 2.27. The smallest absolute Gasteiger partial charge is 0.222 e. The van der Waals surface area contributed by atoms with Crippen molar-refractivity contribution in [2.24, 2.45) is 11.7 Å². The summed E-state index contributed by atoms with van der Waals surface area (Å²) in [5.74, 6) is 0.982. The van der Waals surface area contributed by atoms with Gasteiger partial charge in [-0.1, -0.05) is 26.7 Å². The van der Waals surface area contributed by atoms with Gasteiger partial charge in [0.25, 0.3) is 0 Å². The summed E-state index contributed by atoms with van der Waals surface area (Å²) in [5, 5.41) is 0. The summed E-state index contributed by atoms with van der Waals surface area (Å²) in [6.07, 6.45) is 8.60. The Kier molecular flexibility index (Phi) is 6.69. The second-order valence-corrected chi connectivity index (χ2v) is 5.81. The van der Waals surface area contributed by atoms with Crippen molar-refractivity contribution in [3.05, 3.63) is 0 Å². The third kappa shape index (κ3) is 4.60. The average molecular weight is 254 g/mol. The van der Waals surface area contributed by atoms with Crippen LogP contribution in [0, 0.1) is 5.92 Å². The lowest BCUT2D eigenvalue weighted by Gasteiger charge is -2.29. The van der Waals surface area contributed by atoms with Crippen LogP contribution in [-0.4, -0.2) is 29.9 Å². The second kappa shape index (κ2) is 7.78. The zero-order chi connectivity index (χ0) is 13.5. The monoisotopic (exact) mass is 254 g/mol. The van der Waals surface area contributed by atoms with Crippen molar-refractivity contribution in [1.82, 2.24) is 4.90 Å². The van der Waals surface area contributed by atoms with Gasteiger partial charge in [-0.3, -0.25) is 4.79 Å². The van der Waals surface area contributed by atoms with E-state index in [1.807, 2.05) is 11.9 Å². The summed E-state index contributed by atoms with van der Waals surface area (Å²) in [7, 11) is 1.95. The van der Waals surface area contributed by atoms with E-state index in [2.05, 4.69) is 13.8 Å². The molecule has 1 amide bonds. The molecule has 2 atom stereocenters. The van der Waals surface area contributed by atoms with Crippen LogP contribution in [0.2, 0.25) is 0 Å². The van der Waals surface area contributed by atoms with Crippen molar-refractivity contribution in [1.29, 1.82) is 0 Å². The molecule has 1 fully saturated rings. The maximum atomic E-state index is 12.1. The van der Waals surface area contributed by atoms with Crippen molar-refractivity contribution < 1.29 is 4.79 Å². The Bertz CT molecular complexity index is 251. The van der Waals surface area contributed by atoms with Gasteiger partial charge in [0.2, 0.25) is 5.91 Å². The lowest BCUT2D eigenvalue weighted by atomic mass is 9.83. The van der Waals surface area contributed by atoms with Gasteiger partial charge in [0, 0.05) is 25.6 Å². The Balaban J connectivity index is 2.31. The largest absolute Gasteiger partial charge is 0.343 e. The number of rotatable bonds is 6. The van der Waals surface area contributed by atoms with Gasteiger partial charge >= 0.3 is 0 Å². The summed E-state index contributed by atoms with van der Waals surface area (Å²) in [5.41, 5.74) is 5.99. The van der Waals surface area contributed by atoms with Gasteiger partial charge in [-0.05, 0) is 38.0 Å². The van der Waals surface area contributed by atoms with Crippen LogP contribution in [0.4, 0.5) is 0 Å². The maximum absolute atomic E-state index is 12.1. The molecule has 0 spiro atoms. The second-order valence-electron chi connectivity index (χ2n) is 5.81. The Labute approximate surface area is 112 Å². The van der Waals surface area contributed by atoms with E-state index in [-0.39, 0.29) is 0 Å². The Hall–Kier alpha value is -0.570. The molecule has 0 heterocycles. The zero-order valence-corrected chi connectivity index (χ0v) is 12.3. The van der Waals surface area contributed by atoms with Crippen LogP contribution in [0.25, 0.3) is 0 Å². The van der Waals surface area contributed by atoms with Crippen LogP contribution in [0.15, 0.2) is 0 Å². The third-order valence-corrected chi connectivity index (χ3v) is 4.47. The standard InChI is InChI=1S/C15H30N2O/c1-4-14(5-2)17(3)15(18)10-9-12-7-6-8-13(16)11-12/h12-14H,4-11,16H2,1-3H3. The molecule has 1 saturated carbocycles. The van der Waals surface area contributed by atoms with E-state index >= 15 is 0 Å². The van der Waals surface area contributed by atoms with Gasteiger partial charge in [0.05, 0.1) is 0 Å². The molecule has 0 radical (unpaired) electrons. The van der Waals surface area contributed by atoms with Crippen LogP contribution in [0.3, 0.4) is 0 Å². The minimum Gasteiger partial charge on any atom is -0.343 e. The van der Waals surface area contributed by atoms with Crippen LogP contribution in [0.5, 0.6) is 0 Å². The van der Waals surface area contributed by atoms with Gasteiger partial charge in [-0.15, -0.1) is 0 Å². The lowest BCUT2D eigenvalue weighted by molar-refractivity contribution is -0.132. The highest BCUT2D eigenvalue weighted by Gasteiger charge is 2.22. The van der Waals surface area contributed by atoms with Gasteiger partial charge in [-0.2, -0.15) is 0 Å². The van der Waals surface area contributed by atoms with Crippen LogP contribution in [0.1, 0.15) is 65.2 Å². The van der Waals surface area contributed by atoms with Crippen molar-refractivity contribution in [3.8, 4) is 0 Å². The first kappa shape index (κ1) is 15.5. The fraction of sp³-hybridized carbons (Fsp3) is 0.933. The summed E-state index contributed by atoms with van der Waals surface area (Å²) >= 11 is 0. The van der Waals surface area contributed by atoms with E-state index < -0.39 is 0 Å². The molecule has 3 heteroatoms. The summed E-state index contributed by atoms with van der Waals surface area (Å²) in [4.78, 5) is 14.1. The molecule has 1 aliphatic rings. The summed E-state index contributed by atoms with van der Waals surface area (Å²) in [6, 6.07) is 0.779. The number of hydrogen-bond donors (Lipinski definition) is 1. The quantitative estimate of drug-likeness (QED) is 0.792. The van der Waals surface area contributed by atoms with Crippen molar-refractivity contribution >= 4 is 5.91 Å². The molecule has 1 rings (SSSR count). The number of carbonyl (C=O) groups is 1. The lowest BCUT2D eigenvalue weighted by Crippen LogP contribution is -2.36. The molecular formula is C15H30N2O. The first-order valence-electron chi connectivity index (χ1n) is 7.59. The van der Waals surface area contributed by atoms with Gasteiger partial charge in [0.1, 0.15) is 0 Å². The molecule has 0 aromatic rings. The number of amides is 1. The molecule has 2 unspecified atom stereocenters. The van der Waals surface area contributed by atoms with Crippen LogP contribution >= 0.6 is 0 Å². The van der Waals surface area contributed by atoms with Gasteiger partial charge < -0.3 is 10.6 Å². The molecule has 3 nitrogen and oxygen atoms in total. The third-order valence-electron chi connectivity index (χ3n) is 4.47. The molecule has 0 aromatic heterocycles. The van der Waals surface area contributed by atoms with Crippen LogP contribution < -0.4 is 5.73 Å². The predicted octanol–water partition coefficient (Wildman–Crippen LogP) is 2.93.